The lowest BCUT2D eigenvalue weighted by molar-refractivity contribution is -0.192. The Morgan fingerprint density at radius 2 is 1.93 bits per heavy atom. The van der Waals surface area contributed by atoms with Crippen molar-refractivity contribution in [1.29, 1.82) is 0 Å². The van der Waals surface area contributed by atoms with Crippen LogP contribution in [0.2, 0.25) is 0 Å². The highest BCUT2D eigenvalue weighted by Crippen LogP contribution is 2.33. The van der Waals surface area contributed by atoms with Gasteiger partial charge in [0.1, 0.15) is 5.75 Å². The first-order chi connectivity index (χ1) is 13.3. The van der Waals surface area contributed by atoms with Crippen molar-refractivity contribution < 1.29 is 37.3 Å². The Morgan fingerprint density at radius 3 is 2.46 bits per heavy atom. The molecule has 0 bridgehead atoms. The van der Waals surface area contributed by atoms with E-state index in [9.17, 15) is 13.2 Å². The van der Waals surface area contributed by atoms with Gasteiger partial charge in [0.15, 0.2) is 0 Å². The van der Waals surface area contributed by atoms with E-state index in [0.717, 1.165) is 38.5 Å². The number of rotatable bonds is 5. The molecular weight excluding hydrogens is 379 g/mol. The van der Waals surface area contributed by atoms with Crippen LogP contribution in [0.4, 0.5) is 13.2 Å². The van der Waals surface area contributed by atoms with Gasteiger partial charge in [-0.3, -0.25) is 4.90 Å². The quantitative estimate of drug-likeness (QED) is 0.812. The van der Waals surface area contributed by atoms with Gasteiger partial charge in [0.25, 0.3) is 0 Å². The van der Waals surface area contributed by atoms with E-state index in [1.165, 1.54) is 12.0 Å². The second-order valence-electron chi connectivity index (χ2n) is 6.60. The van der Waals surface area contributed by atoms with Crippen molar-refractivity contribution in [2.45, 2.75) is 50.7 Å². The Kier molecular flexibility index (Phi) is 8.09. The average Bonchev–Trinajstić information content (AvgIpc) is 3.07. The van der Waals surface area contributed by atoms with E-state index in [0.29, 0.717) is 6.04 Å². The standard InChI is InChI=1S/C17H25NO3.C2HF3O2/c1-3-20-16-9-8-15-17(16)21-11-10-18(15)12-13-4-6-14(19-2)7-5-13;3-2(4,5)1(6)7/h4-7,15-17H,3,8-12H2,1-2H3;(H,6,7)/t15-,16-,17+;/m0./s1. The fourth-order valence-electron chi connectivity index (χ4n) is 3.55. The van der Waals surface area contributed by atoms with Gasteiger partial charge < -0.3 is 19.3 Å². The van der Waals surface area contributed by atoms with Crippen molar-refractivity contribution in [1.82, 2.24) is 4.90 Å². The Bertz CT molecular complexity index is 623. The van der Waals surface area contributed by atoms with Crippen LogP contribution in [0.25, 0.3) is 0 Å². The number of carboxylic acids is 1. The highest BCUT2D eigenvalue weighted by atomic mass is 19.4. The average molecular weight is 405 g/mol. The molecule has 0 radical (unpaired) electrons. The summed E-state index contributed by atoms with van der Waals surface area (Å²) in [5.74, 6) is -1.84. The molecule has 6 nitrogen and oxygen atoms in total. The van der Waals surface area contributed by atoms with Crippen molar-refractivity contribution in [3.63, 3.8) is 0 Å². The number of carboxylic acid groups (broad SMARTS) is 1. The third-order valence-electron chi connectivity index (χ3n) is 4.82. The number of benzene rings is 1. The summed E-state index contributed by atoms with van der Waals surface area (Å²) in [6, 6.07) is 8.87. The smallest absolute Gasteiger partial charge is 0.490 e. The lowest BCUT2D eigenvalue weighted by Crippen LogP contribution is -2.51. The summed E-state index contributed by atoms with van der Waals surface area (Å²) in [5, 5.41) is 7.12. The summed E-state index contributed by atoms with van der Waals surface area (Å²) in [5.41, 5.74) is 1.33. The summed E-state index contributed by atoms with van der Waals surface area (Å²) in [6.07, 6.45) is -2.27. The van der Waals surface area contributed by atoms with E-state index < -0.39 is 12.1 Å². The fraction of sp³-hybridized carbons (Fsp3) is 0.632. The minimum absolute atomic E-state index is 0.247. The molecule has 3 rings (SSSR count). The Morgan fingerprint density at radius 1 is 1.29 bits per heavy atom. The van der Waals surface area contributed by atoms with Crippen LogP contribution >= 0.6 is 0 Å². The molecule has 1 aliphatic heterocycles. The molecule has 1 aromatic rings. The van der Waals surface area contributed by atoms with Gasteiger partial charge in [-0.15, -0.1) is 0 Å². The van der Waals surface area contributed by atoms with Gasteiger partial charge in [0.05, 0.1) is 25.9 Å². The number of hydrogen-bond donors (Lipinski definition) is 1. The zero-order valence-electron chi connectivity index (χ0n) is 15.9. The number of nitrogens with zero attached hydrogens (tertiary/aromatic N) is 1. The van der Waals surface area contributed by atoms with E-state index in [2.05, 4.69) is 24.0 Å². The normalized spacial score (nSPS) is 24.8. The summed E-state index contributed by atoms with van der Waals surface area (Å²) in [7, 11) is 1.70. The maximum atomic E-state index is 10.6. The van der Waals surface area contributed by atoms with E-state index in [1.807, 2.05) is 12.1 Å². The number of fused-ring (bicyclic) bond motifs is 1. The molecule has 1 saturated heterocycles. The van der Waals surface area contributed by atoms with Crippen LogP contribution in [0.15, 0.2) is 24.3 Å². The van der Waals surface area contributed by atoms with E-state index >= 15 is 0 Å². The van der Waals surface area contributed by atoms with Crippen molar-refractivity contribution in [2.24, 2.45) is 0 Å². The number of ether oxygens (including phenoxy) is 3. The van der Waals surface area contributed by atoms with Crippen LogP contribution in [-0.4, -0.2) is 67.3 Å². The van der Waals surface area contributed by atoms with Gasteiger partial charge >= 0.3 is 12.1 Å². The largest absolute Gasteiger partial charge is 0.497 e. The molecule has 158 valence electrons. The van der Waals surface area contributed by atoms with Crippen molar-refractivity contribution in [3.8, 4) is 5.75 Å². The maximum Gasteiger partial charge on any atom is 0.490 e. The highest BCUT2D eigenvalue weighted by molar-refractivity contribution is 5.73. The van der Waals surface area contributed by atoms with Gasteiger partial charge in [0, 0.05) is 25.7 Å². The molecule has 2 aliphatic rings. The fourth-order valence-corrected chi connectivity index (χ4v) is 3.55. The first-order valence-electron chi connectivity index (χ1n) is 9.16. The van der Waals surface area contributed by atoms with Crippen LogP contribution in [0.1, 0.15) is 25.3 Å². The second kappa shape index (κ2) is 10.1. The van der Waals surface area contributed by atoms with E-state index in [4.69, 9.17) is 24.1 Å². The molecule has 1 heterocycles. The highest BCUT2D eigenvalue weighted by Gasteiger charge is 2.43. The van der Waals surface area contributed by atoms with Crippen molar-refractivity contribution in [3.05, 3.63) is 29.8 Å². The van der Waals surface area contributed by atoms with Gasteiger partial charge in [-0.1, -0.05) is 12.1 Å². The van der Waals surface area contributed by atoms with Crippen LogP contribution in [0, 0.1) is 0 Å². The number of alkyl halides is 3. The first-order valence-corrected chi connectivity index (χ1v) is 9.16. The third-order valence-corrected chi connectivity index (χ3v) is 4.82. The molecule has 28 heavy (non-hydrogen) atoms. The summed E-state index contributed by atoms with van der Waals surface area (Å²) < 4.78 is 48.8. The van der Waals surface area contributed by atoms with Crippen molar-refractivity contribution in [2.75, 3.05) is 26.9 Å². The molecule has 0 unspecified atom stereocenters. The van der Waals surface area contributed by atoms with Crippen LogP contribution < -0.4 is 4.74 Å². The molecule has 1 aromatic carbocycles. The lowest BCUT2D eigenvalue weighted by Gasteiger charge is -2.39. The molecule has 3 atom stereocenters. The summed E-state index contributed by atoms with van der Waals surface area (Å²) in [4.78, 5) is 11.4. The van der Waals surface area contributed by atoms with Crippen molar-refractivity contribution >= 4 is 5.97 Å². The van der Waals surface area contributed by atoms with Gasteiger partial charge in [0.2, 0.25) is 0 Å². The SMILES string of the molecule is CCO[C@H]1CC[C@H]2[C@H]1OCCN2Cc1ccc(OC)cc1.O=C(O)C(F)(F)F. The predicted molar refractivity (Wildman–Crippen MR) is 95.3 cm³/mol. The van der Waals surface area contributed by atoms with Gasteiger partial charge in [-0.05, 0) is 37.5 Å². The topological polar surface area (TPSA) is 68.2 Å². The molecule has 2 fully saturated rings. The molecule has 1 N–H and O–H groups in total. The Balaban J connectivity index is 0.000000345. The number of morpholine rings is 1. The third kappa shape index (κ3) is 6.08. The predicted octanol–water partition coefficient (Wildman–Crippen LogP) is 3.10. The number of halogens is 3. The second-order valence-corrected chi connectivity index (χ2v) is 6.60. The molecule has 0 amide bonds. The Labute approximate surface area is 162 Å². The Hall–Kier alpha value is -1.84. The van der Waals surface area contributed by atoms with Gasteiger partial charge in [-0.2, -0.15) is 13.2 Å². The van der Waals surface area contributed by atoms with Gasteiger partial charge in [-0.25, -0.2) is 4.79 Å². The first kappa shape index (κ1) is 22.4. The molecular formula is C19H26F3NO5. The van der Waals surface area contributed by atoms with Crippen LogP contribution in [-0.2, 0) is 20.8 Å². The number of carbonyl (C=O) groups is 1. The minimum Gasteiger partial charge on any atom is -0.497 e. The zero-order valence-corrected chi connectivity index (χ0v) is 15.9. The monoisotopic (exact) mass is 405 g/mol. The zero-order chi connectivity index (χ0) is 20.7. The molecule has 0 aromatic heterocycles. The van der Waals surface area contributed by atoms with E-state index in [1.54, 1.807) is 7.11 Å². The summed E-state index contributed by atoms with van der Waals surface area (Å²) in [6.45, 7) is 5.63. The number of aliphatic carboxylic acids is 1. The summed E-state index contributed by atoms with van der Waals surface area (Å²) >= 11 is 0. The maximum absolute atomic E-state index is 10.6. The lowest BCUT2D eigenvalue weighted by atomic mass is 10.1. The number of methoxy groups -OCH3 is 1. The van der Waals surface area contributed by atoms with E-state index in [-0.39, 0.29) is 12.2 Å². The molecule has 9 heteroatoms. The number of hydrogen-bond acceptors (Lipinski definition) is 5. The molecule has 1 aliphatic carbocycles. The van der Waals surface area contributed by atoms with Crippen LogP contribution in [0.3, 0.4) is 0 Å². The molecule has 1 saturated carbocycles. The van der Waals surface area contributed by atoms with Crippen LogP contribution in [0.5, 0.6) is 5.75 Å². The minimum atomic E-state index is -5.08. The molecule has 0 spiro atoms.